The Labute approximate surface area is 182 Å². The molecule has 1 aliphatic heterocycles. The minimum absolute atomic E-state index is 0.218. The Hall–Kier alpha value is -3.20. The van der Waals surface area contributed by atoms with Gasteiger partial charge in [-0.2, -0.15) is 5.10 Å². The molecule has 1 atom stereocenters. The molecule has 1 aliphatic rings. The molecular formula is C22H29N7O2. The van der Waals surface area contributed by atoms with Gasteiger partial charge in [-0.15, -0.1) is 0 Å². The first-order valence-corrected chi connectivity index (χ1v) is 10.6. The van der Waals surface area contributed by atoms with Gasteiger partial charge in [-0.25, -0.2) is 19.6 Å². The lowest BCUT2D eigenvalue weighted by molar-refractivity contribution is 0.177. The number of aliphatic imine (C=N–C) groups is 1. The molecule has 1 aromatic carbocycles. The third kappa shape index (κ3) is 5.29. The second kappa shape index (κ2) is 9.74. The summed E-state index contributed by atoms with van der Waals surface area (Å²) in [4.78, 5) is 13.6. The van der Waals surface area contributed by atoms with Crippen molar-refractivity contribution in [2.45, 2.75) is 52.4 Å². The summed E-state index contributed by atoms with van der Waals surface area (Å²) in [5.41, 5.74) is 2.22. The van der Waals surface area contributed by atoms with Gasteiger partial charge in [0.1, 0.15) is 19.0 Å². The summed E-state index contributed by atoms with van der Waals surface area (Å²) in [7, 11) is 1.65. The highest BCUT2D eigenvalue weighted by atomic mass is 16.5. The molecule has 31 heavy (non-hydrogen) atoms. The number of rotatable bonds is 7. The van der Waals surface area contributed by atoms with Crippen molar-refractivity contribution in [2.75, 3.05) is 13.7 Å². The Bertz CT molecular complexity index is 1020. The molecule has 2 N–H and O–H groups in total. The molecule has 0 aliphatic carbocycles. The topological polar surface area (TPSA) is 102 Å². The van der Waals surface area contributed by atoms with Gasteiger partial charge in [-0.1, -0.05) is 29.8 Å². The van der Waals surface area contributed by atoms with Crippen LogP contribution in [0.15, 0.2) is 39.9 Å². The summed E-state index contributed by atoms with van der Waals surface area (Å²) in [6, 6.07) is 8.41. The summed E-state index contributed by atoms with van der Waals surface area (Å²) in [5, 5.41) is 11.3. The molecule has 0 fully saturated rings. The third-order valence-electron chi connectivity index (χ3n) is 5.12. The molecular weight excluding hydrogens is 394 g/mol. The Kier molecular flexibility index (Phi) is 6.61. The van der Waals surface area contributed by atoms with Gasteiger partial charge in [-0.05, 0) is 20.3 Å². The Balaban J connectivity index is 1.39. The maximum atomic E-state index is 5.89. The van der Waals surface area contributed by atoms with Gasteiger partial charge >= 0.3 is 0 Å². The lowest BCUT2D eigenvalue weighted by Crippen LogP contribution is -2.47. The molecule has 1 unspecified atom stereocenters. The smallest absolute Gasteiger partial charge is 0.216 e. The highest BCUT2D eigenvalue weighted by Gasteiger charge is 2.22. The number of nitrogens with zero attached hydrogens (tertiary/aromatic N) is 5. The van der Waals surface area contributed by atoms with Crippen LogP contribution in [0.2, 0.25) is 0 Å². The van der Waals surface area contributed by atoms with E-state index in [4.69, 9.17) is 9.15 Å². The summed E-state index contributed by atoms with van der Waals surface area (Å²) < 4.78 is 13.0. The fourth-order valence-electron chi connectivity index (χ4n) is 3.56. The number of oxazole rings is 1. The monoisotopic (exact) mass is 423 g/mol. The zero-order valence-corrected chi connectivity index (χ0v) is 18.3. The van der Waals surface area contributed by atoms with Crippen molar-refractivity contribution < 1.29 is 9.15 Å². The van der Waals surface area contributed by atoms with E-state index in [9.17, 15) is 0 Å². The minimum Gasteiger partial charge on any atom is -0.439 e. The lowest BCUT2D eigenvalue weighted by atomic mass is 10.1. The highest BCUT2D eigenvalue weighted by Crippen LogP contribution is 2.21. The minimum atomic E-state index is 0.218. The average Bonchev–Trinajstić information content (AvgIpc) is 3.39. The van der Waals surface area contributed by atoms with E-state index in [0.717, 1.165) is 54.9 Å². The second-order valence-electron chi connectivity index (χ2n) is 7.62. The van der Waals surface area contributed by atoms with E-state index in [2.05, 4.69) is 49.7 Å². The number of hydrogen-bond donors (Lipinski definition) is 2. The van der Waals surface area contributed by atoms with Crippen molar-refractivity contribution in [2.24, 2.45) is 4.99 Å². The number of aryl methyl sites for hydroxylation is 2. The number of guanidine groups is 1. The maximum Gasteiger partial charge on any atom is 0.216 e. The highest BCUT2D eigenvalue weighted by molar-refractivity contribution is 5.80. The van der Waals surface area contributed by atoms with Crippen molar-refractivity contribution >= 4 is 5.96 Å². The van der Waals surface area contributed by atoms with Gasteiger partial charge in [0.15, 0.2) is 17.5 Å². The summed E-state index contributed by atoms with van der Waals surface area (Å²) in [5.74, 6) is 3.81. The number of nitrogens with one attached hydrogen (secondary N) is 2. The van der Waals surface area contributed by atoms with E-state index in [0.29, 0.717) is 19.0 Å². The van der Waals surface area contributed by atoms with Gasteiger partial charge in [0.05, 0.1) is 12.7 Å². The number of hydrogen-bond acceptors (Lipinski definition) is 6. The Morgan fingerprint density at radius 1 is 1.32 bits per heavy atom. The van der Waals surface area contributed by atoms with Crippen LogP contribution in [0.25, 0.3) is 11.3 Å². The second-order valence-corrected chi connectivity index (χ2v) is 7.62. The van der Waals surface area contributed by atoms with Crippen LogP contribution in [0, 0.1) is 6.92 Å². The molecule has 0 bridgehead atoms. The predicted octanol–water partition coefficient (Wildman–Crippen LogP) is 2.46. The molecule has 4 rings (SSSR count). The van der Waals surface area contributed by atoms with Crippen molar-refractivity contribution in [3.05, 3.63) is 53.6 Å². The first-order valence-electron chi connectivity index (χ1n) is 10.6. The van der Waals surface area contributed by atoms with E-state index < -0.39 is 0 Å². The van der Waals surface area contributed by atoms with Crippen molar-refractivity contribution in [1.82, 2.24) is 30.4 Å². The molecule has 3 heterocycles. The van der Waals surface area contributed by atoms with Crippen LogP contribution >= 0.6 is 0 Å². The predicted molar refractivity (Wildman–Crippen MR) is 117 cm³/mol. The SMILES string of the molecule is CCNC(=NCc1ncc(-c2ccc(C)cc2)o1)NC1CCc2nc(COC)nn2C1. The molecule has 3 aromatic rings. The van der Waals surface area contributed by atoms with Crippen LogP contribution in [-0.2, 0) is 30.9 Å². The van der Waals surface area contributed by atoms with E-state index >= 15 is 0 Å². The zero-order valence-electron chi connectivity index (χ0n) is 18.3. The lowest BCUT2D eigenvalue weighted by Gasteiger charge is -2.25. The van der Waals surface area contributed by atoms with Crippen LogP contribution < -0.4 is 10.6 Å². The number of benzene rings is 1. The molecule has 0 radical (unpaired) electrons. The Morgan fingerprint density at radius 2 is 2.16 bits per heavy atom. The van der Waals surface area contributed by atoms with Crippen LogP contribution in [0.1, 0.15) is 36.4 Å². The normalized spacial score (nSPS) is 16.2. The molecule has 0 amide bonds. The summed E-state index contributed by atoms with van der Waals surface area (Å²) in [6.07, 6.45) is 3.58. The van der Waals surface area contributed by atoms with E-state index in [-0.39, 0.29) is 6.04 Å². The number of aromatic nitrogens is 4. The van der Waals surface area contributed by atoms with Crippen molar-refractivity contribution in [3.63, 3.8) is 0 Å². The quantitative estimate of drug-likeness (QED) is 0.444. The first-order chi connectivity index (χ1) is 15.1. The van der Waals surface area contributed by atoms with Crippen LogP contribution in [0.4, 0.5) is 0 Å². The molecule has 9 nitrogen and oxygen atoms in total. The van der Waals surface area contributed by atoms with Crippen molar-refractivity contribution in [1.29, 1.82) is 0 Å². The molecule has 0 saturated carbocycles. The van der Waals surface area contributed by atoms with Gasteiger partial charge < -0.3 is 19.8 Å². The van der Waals surface area contributed by atoms with E-state index in [1.165, 1.54) is 5.56 Å². The third-order valence-corrected chi connectivity index (χ3v) is 5.12. The molecule has 0 saturated heterocycles. The Morgan fingerprint density at radius 3 is 2.94 bits per heavy atom. The average molecular weight is 424 g/mol. The van der Waals surface area contributed by atoms with Crippen LogP contribution in [0.5, 0.6) is 0 Å². The van der Waals surface area contributed by atoms with Gasteiger partial charge in [0.2, 0.25) is 5.89 Å². The number of methoxy groups -OCH3 is 1. The van der Waals surface area contributed by atoms with Crippen LogP contribution in [-0.4, -0.2) is 45.4 Å². The van der Waals surface area contributed by atoms with Crippen molar-refractivity contribution in [3.8, 4) is 11.3 Å². The van der Waals surface area contributed by atoms with Gasteiger partial charge in [-0.3, -0.25) is 0 Å². The van der Waals surface area contributed by atoms with E-state index in [1.54, 1.807) is 13.3 Å². The summed E-state index contributed by atoms with van der Waals surface area (Å²) >= 11 is 0. The maximum absolute atomic E-state index is 5.89. The van der Waals surface area contributed by atoms with Crippen LogP contribution in [0.3, 0.4) is 0 Å². The largest absolute Gasteiger partial charge is 0.439 e. The zero-order chi connectivity index (χ0) is 21.6. The molecule has 9 heteroatoms. The number of ether oxygens (including phenoxy) is 1. The fraction of sp³-hybridized carbons (Fsp3) is 0.455. The van der Waals surface area contributed by atoms with Gasteiger partial charge in [0, 0.05) is 31.7 Å². The number of fused-ring (bicyclic) bond motifs is 1. The van der Waals surface area contributed by atoms with Gasteiger partial charge in [0.25, 0.3) is 0 Å². The molecule has 164 valence electrons. The summed E-state index contributed by atoms with van der Waals surface area (Å²) in [6.45, 7) is 6.42. The first kappa shape index (κ1) is 21.0. The standard InChI is InChI=1S/C22H29N7O2/c1-4-23-22(26-17-9-10-20-27-19(14-30-3)28-29(20)13-17)25-12-21-24-11-18(31-21)16-7-5-15(2)6-8-16/h5-8,11,17H,4,9-10,12-14H2,1-3H3,(H2,23,25,26). The fourth-order valence-corrected chi connectivity index (χ4v) is 3.56. The van der Waals surface area contributed by atoms with E-state index in [1.807, 2.05) is 23.7 Å². The molecule has 0 spiro atoms. The molecule has 2 aromatic heterocycles.